The molecular weight excluding hydrogens is 316 g/mol. The number of ether oxygens (including phenoxy) is 1. The molecule has 1 heterocycles. The van der Waals surface area contributed by atoms with E-state index in [0.29, 0.717) is 39.1 Å². The van der Waals surface area contributed by atoms with Gasteiger partial charge in [-0.1, -0.05) is 19.3 Å². The van der Waals surface area contributed by atoms with E-state index in [4.69, 9.17) is 4.74 Å². The SMILES string of the molecule is COCCCNC(=O)C1CCN(S(=O)(=O)C2CCCCC2)CC1. The lowest BCUT2D eigenvalue weighted by molar-refractivity contribution is -0.126. The Morgan fingerprint density at radius 2 is 1.78 bits per heavy atom. The fraction of sp³-hybridized carbons (Fsp3) is 0.938. The van der Waals surface area contributed by atoms with Crippen molar-refractivity contribution < 1.29 is 17.9 Å². The molecule has 134 valence electrons. The van der Waals surface area contributed by atoms with E-state index in [0.717, 1.165) is 38.5 Å². The molecule has 2 rings (SSSR count). The normalized spacial score (nSPS) is 22.1. The number of amides is 1. The van der Waals surface area contributed by atoms with Gasteiger partial charge in [-0.3, -0.25) is 4.79 Å². The topological polar surface area (TPSA) is 75.7 Å². The summed E-state index contributed by atoms with van der Waals surface area (Å²) in [4.78, 5) is 12.1. The summed E-state index contributed by atoms with van der Waals surface area (Å²) in [5, 5.41) is 2.72. The van der Waals surface area contributed by atoms with E-state index in [1.807, 2.05) is 0 Å². The molecule has 0 atom stereocenters. The number of methoxy groups -OCH3 is 1. The average Bonchev–Trinajstić information content (AvgIpc) is 2.59. The molecule has 0 aromatic rings. The first-order valence-corrected chi connectivity index (χ1v) is 10.3. The number of rotatable bonds is 7. The molecule has 0 spiro atoms. The van der Waals surface area contributed by atoms with Crippen molar-refractivity contribution in [1.82, 2.24) is 9.62 Å². The minimum atomic E-state index is -3.17. The van der Waals surface area contributed by atoms with Crippen molar-refractivity contribution in [1.29, 1.82) is 0 Å². The highest BCUT2D eigenvalue weighted by molar-refractivity contribution is 7.89. The molecule has 0 aromatic heterocycles. The van der Waals surface area contributed by atoms with E-state index >= 15 is 0 Å². The van der Waals surface area contributed by atoms with Crippen LogP contribution in [-0.4, -0.2) is 57.2 Å². The van der Waals surface area contributed by atoms with Crippen LogP contribution in [0.2, 0.25) is 0 Å². The van der Waals surface area contributed by atoms with Crippen LogP contribution in [-0.2, 0) is 19.6 Å². The van der Waals surface area contributed by atoms with Crippen LogP contribution in [0, 0.1) is 5.92 Å². The van der Waals surface area contributed by atoms with Gasteiger partial charge < -0.3 is 10.1 Å². The fourth-order valence-electron chi connectivity index (χ4n) is 3.52. The number of sulfonamides is 1. The lowest BCUT2D eigenvalue weighted by atomic mass is 9.97. The maximum Gasteiger partial charge on any atom is 0.223 e. The largest absolute Gasteiger partial charge is 0.385 e. The van der Waals surface area contributed by atoms with Gasteiger partial charge in [-0.25, -0.2) is 12.7 Å². The van der Waals surface area contributed by atoms with Gasteiger partial charge in [0.15, 0.2) is 0 Å². The van der Waals surface area contributed by atoms with Crippen molar-refractivity contribution in [3.8, 4) is 0 Å². The molecule has 1 aliphatic carbocycles. The summed E-state index contributed by atoms with van der Waals surface area (Å²) in [6, 6.07) is 0. The second-order valence-electron chi connectivity index (χ2n) is 6.62. The molecule has 2 fully saturated rings. The van der Waals surface area contributed by atoms with Gasteiger partial charge in [0.2, 0.25) is 15.9 Å². The van der Waals surface area contributed by atoms with E-state index in [1.165, 1.54) is 0 Å². The van der Waals surface area contributed by atoms with E-state index in [-0.39, 0.29) is 17.1 Å². The van der Waals surface area contributed by atoms with Crippen molar-refractivity contribution in [2.45, 2.75) is 56.6 Å². The fourth-order valence-corrected chi connectivity index (χ4v) is 5.59. The van der Waals surface area contributed by atoms with Crippen LogP contribution >= 0.6 is 0 Å². The highest BCUT2D eigenvalue weighted by atomic mass is 32.2. The maximum atomic E-state index is 12.7. The molecule has 23 heavy (non-hydrogen) atoms. The van der Waals surface area contributed by atoms with E-state index < -0.39 is 10.0 Å². The first-order chi connectivity index (χ1) is 11.1. The Kier molecular flexibility index (Phi) is 7.30. The Morgan fingerprint density at radius 1 is 1.13 bits per heavy atom. The van der Waals surface area contributed by atoms with E-state index in [2.05, 4.69) is 5.32 Å². The number of carbonyl (C=O) groups excluding carboxylic acids is 1. The lowest BCUT2D eigenvalue weighted by Crippen LogP contribution is -2.46. The minimum absolute atomic E-state index is 0.0517. The third-order valence-electron chi connectivity index (χ3n) is 4.98. The van der Waals surface area contributed by atoms with Crippen LogP contribution in [0.5, 0.6) is 0 Å². The summed E-state index contributed by atoms with van der Waals surface area (Å²) < 4.78 is 31.9. The highest BCUT2D eigenvalue weighted by Gasteiger charge is 2.36. The van der Waals surface area contributed by atoms with E-state index in [1.54, 1.807) is 11.4 Å². The Labute approximate surface area is 140 Å². The predicted molar refractivity (Wildman–Crippen MR) is 89.6 cm³/mol. The summed E-state index contributed by atoms with van der Waals surface area (Å²) in [6.07, 6.45) is 6.83. The minimum Gasteiger partial charge on any atom is -0.385 e. The number of nitrogens with one attached hydrogen (secondary N) is 1. The summed E-state index contributed by atoms with van der Waals surface area (Å²) in [5.41, 5.74) is 0. The van der Waals surface area contributed by atoms with Gasteiger partial charge in [0.25, 0.3) is 0 Å². The van der Waals surface area contributed by atoms with Crippen molar-refractivity contribution in [3.05, 3.63) is 0 Å². The molecule has 0 aromatic carbocycles. The van der Waals surface area contributed by atoms with Gasteiger partial charge in [0.05, 0.1) is 5.25 Å². The molecule has 0 unspecified atom stereocenters. The maximum absolute atomic E-state index is 12.7. The lowest BCUT2D eigenvalue weighted by Gasteiger charge is -2.34. The van der Waals surface area contributed by atoms with Crippen LogP contribution in [0.3, 0.4) is 0 Å². The first-order valence-electron chi connectivity index (χ1n) is 8.81. The Balaban J connectivity index is 1.77. The highest BCUT2D eigenvalue weighted by Crippen LogP contribution is 2.29. The van der Waals surface area contributed by atoms with Gasteiger partial charge in [-0.2, -0.15) is 0 Å². The quantitative estimate of drug-likeness (QED) is 0.709. The second kappa shape index (κ2) is 8.99. The number of piperidine rings is 1. The van der Waals surface area contributed by atoms with Gasteiger partial charge in [-0.05, 0) is 32.1 Å². The van der Waals surface area contributed by atoms with Crippen molar-refractivity contribution in [2.24, 2.45) is 5.92 Å². The molecular formula is C16H30N2O4S. The molecule has 0 radical (unpaired) electrons. The van der Waals surface area contributed by atoms with E-state index in [9.17, 15) is 13.2 Å². The number of carbonyl (C=O) groups is 1. The number of hydrogen-bond donors (Lipinski definition) is 1. The van der Waals surface area contributed by atoms with Crippen LogP contribution < -0.4 is 5.32 Å². The Hall–Kier alpha value is -0.660. The smallest absolute Gasteiger partial charge is 0.223 e. The van der Waals surface area contributed by atoms with Crippen molar-refractivity contribution in [2.75, 3.05) is 33.4 Å². The summed E-state index contributed by atoms with van der Waals surface area (Å²) in [6.45, 7) is 2.22. The Bertz CT molecular complexity index is 466. The molecule has 6 nitrogen and oxygen atoms in total. The van der Waals surface area contributed by atoms with Gasteiger partial charge >= 0.3 is 0 Å². The summed E-state index contributed by atoms with van der Waals surface area (Å²) in [7, 11) is -1.53. The monoisotopic (exact) mass is 346 g/mol. The average molecular weight is 346 g/mol. The molecule has 1 saturated carbocycles. The first kappa shape index (κ1) is 18.7. The number of hydrogen-bond acceptors (Lipinski definition) is 4. The van der Waals surface area contributed by atoms with Crippen LogP contribution in [0.1, 0.15) is 51.4 Å². The third-order valence-corrected chi connectivity index (χ3v) is 7.38. The van der Waals surface area contributed by atoms with Crippen LogP contribution in [0.4, 0.5) is 0 Å². The van der Waals surface area contributed by atoms with Crippen molar-refractivity contribution in [3.63, 3.8) is 0 Å². The van der Waals surface area contributed by atoms with Gasteiger partial charge in [-0.15, -0.1) is 0 Å². The summed E-state index contributed by atoms with van der Waals surface area (Å²) in [5.74, 6) is -0.00818. The standard InChI is InChI=1S/C16H30N2O4S/c1-22-13-5-10-17-16(19)14-8-11-18(12-9-14)23(20,21)15-6-3-2-4-7-15/h14-15H,2-13H2,1H3,(H,17,19). The van der Waals surface area contributed by atoms with Crippen molar-refractivity contribution >= 4 is 15.9 Å². The second-order valence-corrected chi connectivity index (χ2v) is 8.83. The molecule has 1 amide bonds. The predicted octanol–water partition coefficient (Wildman–Crippen LogP) is 1.51. The van der Waals surface area contributed by atoms with Crippen LogP contribution in [0.25, 0.3) is 0 Å². The molecule has 2 aliphatic rings. The molecule has 1 aliphatic heterocycles. The Morgan fingerprint density at radius 3 is 2.39 bits per heavy atom. The molecule has 0 bridgehead atoms. The zero-order chi connectivity index (χ0) is 16.7. The zero-order valence-corrected chi connectivity index (χ0v) is 14.9. The third kappa shape index (κ3) is 5.16. The number of nitrogens with zero attached hydrogens (tertiary/aromatic N) is 1. The molecule has 1 N–H and O–H groups in total. The van der Waals surface area contributed by atoms with Gasteiger partial charge in [0.1, 0.15) is 0 Å². The van der Waals surface area contributed by atoms with Crippen LogP contribution in [0.15, 0.2) is 0 Å². The molecule has 7 heteroatoms. The summed E-state index contributed by atoms with van der Waals surface area (Å²) >= 11 is 0. The van der Waals surface area contributed by atoms with Gasteiger partial charge in [0, 0.05) is 39.3 Å². The molecule has 1 saturated heterocycles. The zero-order valence-electron chi connectivity index (χ0n) is 14.1.